The molecule has 1 saturated heterocycles. The van der Waals surface area contributed by atoms with Crippen molar-refractivity contribution in [2.45, 2.75) is 13.0 Å². The van der Waals surface area contributed by atoms with Gasteiger partial charge in [-0.25, -0.2) is 0 Å². The Balaban J connectivity index is 2.79. The fraction of sp³-hybridized carbons (Fsp3) is 0.818. The SMILES string of the molecule is COCCN1CC(C(=O)O)CN(C)C(C)C1=O. The lowest BCUT2D eigenvalue weighted by Gasteiger charge is -2.24. The number of hydrogen-bond acceptors (Lipinski definition) is 4. The van der Waals surface area contributed by atoms with Gasteiger partial charge in [-0.1, -0.05) is 0 Å². The van der Waals surface area contributed by atoms with E-state index in [9.17, 15) is 9.59 Å². The summed E-state index contributed by atoms with van der Waals surface area (Å²) in [6, 6.07) is -0.281. The molecule has 6 nitrogen and oxygen atoms in total. The van der Waals surface area contributed by atoms with E-state index in [4.69, 9.17) is 9.84 Å². The van der Waals surface area contributed by atoms with Gasteiger partial charge in [-0.3, -0.25) is 14.5 Å². The summed E-state index contributed by atoms with van der Waals surface area (Å²) in [7, 11) is 3.34. The van der Waals surface area contributed by atoms with Crippen molar-refractivity contribution in [2.75, 3.05) is 40.4 Å². The van der Waals surface area contributed by atoms with Crippen LogP contribution in [0.5, 0.6) is 0 Å². The van der Waals surface area contributed by atoms with E-state index in [1.165, 1.54) is 0 Å². The summed E-state index contributed by atoms with van der Waals surface area (Å²) in [4.78, 5) is 26.5. The number of carboxylic acid groups (broad SMARTS) is 1. The second kappa shape index (κ2) is 5.97. The number of nitrogens with zero attached hydrogens (tertiary/aromatic N) is 2. The molecule has 6 heteroatoms. The first-order valence-corrected chi connectivity index (χ1v) is 5.68. The van der Waals surface area contributed by atoms with E-state index in [0.717, 1.165) is 0 Å². The van der Waals surface area contributed by atoms with Crippen LogP contribution in [0.2, 0.25) is 0 Å². The summed E-state index contributed by atoms with van der Waals surface area (Å²) >= 11 is 0. The maximum absolute atomic E-state index is 12.1. The molecule has 1 N–H and O–H groups in total. The van der Waals surface area contributed by atoms with Crippen molar-refractivity contribution in [1.82, 2.24) is 9.80 Å². The van der Waals surface area contributed by atoms with Crippen LogP contribution in [-0.2, 0) is 14.3 Å². The van der Waals surface area contributed by atoms with Crippen LogP contribution in [0.3, 0.4) is 0 Å². The van der Waals surface area contributed by atoms with Crippen LogP contribution in [0.25, 0.3) is 0 Å². The minimum atomic E-state index is -0.860. The van der Waals surface area contributed by atoms with E-state index in [1.54, 1.807) is 30.9 Å². The second-order valence-corrected chi connectivity index (χ2v) is 4.43. The number of amides is 1. The van der Waals surface area contributed by atoms with Crippen LogP contribution < -0.4 is 0 Å². The van der Waals surface area contributed by atoms with Gasteiger partial charge in [0.05, 0.1) is 18.6 Å². The van der Waals surface area contributed by atoms with Gasteiger partial charge < -0.3 is 14.7 Å². The number of methoxy groups -OCH3 is 1. The zero-order valence-electron chi connectivity index (χ0n) is 10.5. The second-order valence-electron chi connectivity index (χ2n) is 4.43. The standard InChI is InChI=1S/C11H20N2O4/c1-8-10(14)13(4-5-17-3)7-9(11(15)16)6-12(8)2/h8-9H,4-7H2,1-3H3,(H,15,16). The molecular weight excluding hydrogens is 224 g/mol. The quantitative estimate of drug-likeness (QED) is 0.721. The highest BCUT2D eigenvalue weighted by Crippen LogP contribution is 2.14. The van der Waals surface area contributed by atoms with E-state index < -0.39 is 11.9 Å². The Kier molecular flexibility index (Phi) is 4.89. The molecule has 0 aromatic rings. The summed E-state index contributed by atoms with van der Waals surface area (Å²) in [5.41, 5.74) is 0. The highest BCUT2D eigenvalue weighted by molar-refractivity contribution is 5.83. The molecule has 1 aliphatic rings. The van der Waals surface area contributed by atoms with Crippen LogP contribution in [0.4, 0.5) is 0 Å². The molecule has 1 rings (SSSR count). The Morgan fingerprint density at radius 1 is 1.53 bits per heavy atom. The van der Waals surface area contributed by atoms with Gasteiger partial charge in [0, 0.05) is 26.7 Å². The minimum absolute atomic E-state index is 0.0340. The van der Waals surface area contributed by atoms with E-state index in [1.807, 2.05) is 0 Å². The summed E-state index contributed by atoms with van der Waals surface area (Å²) in [5, 5.41) is 9.10. The van der Waals surface area contributed by atoms with Crippen LogP contribution in [-0.4, -0.2) is 73.2 Å². The fourth-order valence-electron chi connectivity index (χ4n) is 1.93. The molecule has 1 heterocycles. The molecule has 1 fully saturated rings. The zero-order valence-corrected chi connectivity index (χ0v) is 10.5. The number of aliphatic carboxylic acids is 1. The monoisotopic (exact) mass is 244 g/mol. The van der Waals surface area contributed by atoms with Crippen molar-refractivity contribution in [3.63, 3.8) is 0 Å². The van der Waals surface area contributed by atoms with Crippen molar-refractivity contribution in [3.8, 4) is 0 Å². The van der Waals surface area contributed by atoms with Gasteiger partial charge in [0.1, 0.15) is 0 Å². The number of likely N-dealkylation sites (N-methyl/N-ethyl adjacent to an activating group) is 1. The summed E-state index contributed by atoms with van der Waals surface area (Å²) in [6.45, 7) is 3.32. The molecule has 2 unspecified atom stereocenters. The highest BCUT2D eigenvalue weighted by Gasteiger charge is 2.34. The molecule has 98 valence electrons. The van der Waals surface area contributed by atoms with Crippen molar-refractivity contribution in [2.24, 2.45) is 5.92 Å². The Labute approximate surface area is 101 Å². The van der Waals surface area contributed by atoms with Crippen molar-refractivity contribution < 1.29 is 19.4 Å². The van der Waals surface area contributed by atoms with Crippen LogP contribution in [0.1, 0.15) is 6.92 Å². The number of carbonyl (C=O) groups is 2. The summed E-state index contributed by atoms with van der Waals surface area (Å²) in [6.07, 6.45) is 0. The molecule has 1 aliphatic heterocycles. The van der Waals surface area contributed by atoms with E-state index in [-0.39, 0.29) is 18.5 Å². The van der Waals surface area contributed by atoms with Gasteiger partial charge in [-0.15, -0.1) is 0 Å². The first-order chi connectivity index (χ1) is 7.97. The predicted molar refractivity (Wildman–Crippen MR) is 61.7 cm³/mol. The number of hydrogen-bond donors (Lipinski definition) is 1. The molecule has 0 aromatic carbocycles. The number of carbonyl (C=O) groups excluding carboxylic acids is 1. The third-order valence-electron chi connectivity index (χ3n) is 3.19. The highest BCUT2D eigenvalue weighted by atomic mass is 16.5. The van der Waals surface area contributed by atoms with Crippen molar-refractivity contribution in [1.29, 1.82) is 0 Å². The van der Waals surface area contributed by atoms with Gasteiger partial charge >= 0.3 is 5.97 Å². The summed E-state index contributed by atoms with van der Waals surface area (Å²) in [5.74, 6) is -1.43. The molecule has 0 radical (unpaired) electrons. The average molecular weight is 244 g/mol. The number of rotatable bonds is 4. The van der Waals surface area contributed by atoms with Crippen LogP contribution in [0, 0.1) is 5.92 Å². The van der Waals surface area contributed by atoms with E-state index in [2.05, 4.69) is 0 Å². The average Bonchev–Trinajstić information content (AvgIpc) is 2.39. The predicted octanol–water partition coefficient (Wildman–Crippen LogP) is -0.504. The zero-order chi connectivity index (χ0) is 13.0. The Morgan fingerprint density at radius 2 is 2.18 bits per heavy atom. The van der Waals surface area contributed by atoms with Gasteiger partial charge in [-0.2, -0.15) is 0 Å². The minimum Gasteiger partial charge on any atom is -0.481 e. The van der Waals surface area contributed by atoms with Gasteiger partial charge in [0.2, 0.25) is 5.91 Å². The number of ether oxygens (including phenoxy) is 1. The molecule has 2 atom stereocenters. The molecule has 1 amide bonds. The van der Waals surface area contributed by atoms with Crippen LogP contribution >= 0.6 is 0 Å². The van der Waals surface area contributed by atoms with Crippen LogP contribution in [0.15, 0.2) is 0 Å². The molecule has 0 aliphatic carbocycles. The molecule has 17 heavy (non-hydrogen) atoms. The molecule has 0 bridgehead atoms. The maximum Gasteiger partial charge on any atom is 0.309 e. The van der Waals surface area contributed by atoms with Gasteiger partial charge in [0.25, 0.3) is 0 Å². The largest absolute Gasteiger partial charge is 0.481 e. The van der Waals surface area contributed by atoms with Crippen molar-refractivity contribution in [3.05, 3.63) is 0 Å². The summed E-state index contributed by atoms with van der Waals surface area (Å²) < 4.78 is 4.94. The molecule has 0 spiro atoms. The van der Waals surface area contributed by atoms with E-state index in [0.29, 0.717) is 19.7 Å². The lowest BCUT2D eigenvalue weighted by molar-refractivity contribution is -0.142. The Hall–Kier alpha value is -1.14. The Bertz CT molecular complexity index is 295. The van der Waals surface area contributed by atoms with Gasteiger partial charge in [-0.05, 0) is 14.0 Å². The lowest BCUT2D eigenvalue weighted by Crippen LogP contribution is -2.43. The normalized spacial score (nSPS) is 27.0. The maximum atomic E-state index is 12.1. The third kappa shape index (κ3) is 3.41. The third-order valence-corrected chi connectivity index (χ3v) is 3.19. The molecule has 0 aromatic heterocycles. The smallest absolute Gasteiger partial charge is 0.309 e. The van der Waals surface area contributed by atoms with E-state index >= 15 is 0 Å². The number of carboxylic acids is 1. The fourth-order valence-corrected chi connectivity index (χ4v) is 1.93. The first kappa shape index (κ1) is 13.9. The Morgan fingerprint density at radius 3 is 2.71 bits per heavy atom. The molecule has 0 saturated carbocycles. The lowest BCUT2D eigenvalue weighted by atomic mass is 10.1. The van der Waals surface area contributed by atoms with Gasteiger partial charge in [0.15, 0.2) is 0 Å². The topological polar surface area (TPSA) is 70.1 Å². The molecular formula is C11H20N2O4. The van der Waals surface area contributed by atoms with Crippen molar-refractivity contribution >= 4 is 11.9 Å². The first-order valence-electron chi connectivity index (χ1n) is 5.68.